The Bertz CT molecular complexity index is 420. The van der Waals surface area contributed by atoms with Crippen LogP contribution in [0.4, 0.5) is 11.8 Å². The monoisotopic (exact) mass is 260 g/mol. The maximum Gasteiger partial charge on any atom is 0.224 e. The molecule has 19 heavy (non-hydrogen) atoms. The van der Waals surface area contributed by atoms with Crippen molar-refractivity contribution in [2.75, 3.05) is 29.9 Å². The topological polar surface area (TPSA) is 41.1 Å². The van der Waals surface area contributed by atoms with Crippen molar-refractivity contribution in [1.82, 2.24) is 9.97 Å². The average Bonchev–Trinajstić information content (AvgIpc) is 2.47. The highest BCUT2D eigenvalue weighted by Gasteiger charge is 2.31. The van der Waals surface area contributed by atoms with E-state index in [1.165, 1.54) is 38.6 Å². The van der Waals surface area contributed by atoms with Gasteiger partial charge in [0.1, 0.15) is 5.82 Å². The van der Waals surface area contributed by atoms with Gasteiger partial charge in [-0.1, -0.05) is 19.3 Å². The first-order valence-corrected chi connectivity index (χ1v) is 7.68. The first-order chi connectivity index (χ1) is 9.36. The van der Waals surface area contributed by atoms with Gasteiger partial charge in [-0.05, 0) is 37.7 Å². The highest BCUT2D eigenvalue weighted by molar-refractivity contribution is 5.43. The second-order valence-electron chi connectivity index (χ2n) is 5.81. The van der Waals surface area contributed by atoms with Gasteiger partial charge in [-0.2, -0.15) is 4.98 Å². The fourth-order valence-electron chi connectivity index (χ4n) is 3.58. The van der Waals surface area contributed by atoms with Crippen molar-refractivity contribution in [2.45, 2.75) is 39.0 Å². The molecule has 2 unspecified atom stereocenters. The molecule has 2 fully saturated rings. The summed E-state index contributed by atoms with van der Waals surface area (Å²) in [5, 5.41) is 3.19. The fourth-order valence-corrected chi connectivity index (χ4v) is 3.58. The molecule has 1 N–H and O–H groups in total. The SMILES string of the molecule is CCNc1nccc(N2CCC3CCCCC3C2)n1. The van der Waals surface area contributed by atoms with E-state index in [1.54, 1.807) is 0 Å². The largest absolute Gasteiger partial charge is 0.356 e. The van der Waals surface area contributed by atoms with Gasteiger partial charge in [-0.25, -0.2) is 4.98 Å². The maximum atomic E-state index is 4.63. The van der Waals surface area contributed by atoms with E-state index in [-0.39, 0.29) is 0 Å². The summed E-state index contributed by atoms with van der Waals surface area (Å²) >= 11 is 0. The molecule has 0 bridgehead atoms. The summed E-state index contributed by atoms with van der Waals surface area (Å²) in [6, 6.07) is 2.05. The lowest BCUT2D eigenvalue weighted by molar-refractivity contribution is 0.202. The lowest BCUT2D eigenvalue weighted by Crippen LogP contribution is -2.42. The molecule has 3 rings (SSSR count). The number of anilines is 2. The molecule has 0 spiro atoms. The molecular weight excluding hydrogens is 236 g/mol. The Hall–Kier alpha value is -1.32. The van der Waals surface area contributed by atoms with Gasteiger partial charge in [0.15, 0.2) is 0 Å². The molecule has 104 valence electrons. The van der Waals surface area contributed by atoms with Gasteiger partial charge in [-0.15, -0.1) is 0 Å². The van der Waals surface area contributed by atoms with Gasteiger partial charge in [0, 0.05) is 25.8 Å². The average molecular weight is 260 g/mol. The lowest BCUT2D eigenvalue weighted by atomic mass is 9.75. The molecule has 1 saturated heterocycles. The number of nitrogens with one attached hydrogen (secondary N) is 1. The minimum atomic E-state index is 0.755. The van der Waals surface area contributed by atoms with Gasteiger partial charge in [0.05, 0.1) is 0 Å². The zero-order chi connectivity index (χ0) is 13.1. The molecule has 1 saturated carbocycles. The van der Waals surface area contributed by atoms with Gasteiger partial charge in [0.25, 0.3) is 0 Å². The van der Waals surface area contributed by atoms with E-state index in [1.807, 2.05) is 12.3 Å². The summed E-state index contributed by atoms with van der Waals surface area (Å²) < 4.78 is 0. The standard InChI is InChI=1S/C15H24N4/c1-2-16-15-17-9-7-14(18-15)19-10-8-12-5-3-4-6-13(12)11-19/h7,9,12-13H,2-6,8,10-11H2,1H3,(H,16,17,18). The number of fused-ring (bicyclic) bond motifs is 1. The van der Waals surface area contributed by atoms with Crippen LogP contribution in [0.2, 0.25) is 0 Å². The van der Waals surface area contributed by atoms with Gasteiger partial charge < -0.3 is 10.2 Å². The molecule has 0 radical (unpaired) electrons. The Morgan fingerprint density at radius 3 is 2.95 bits per heavy atom. The molecule has 1 aromatic rings. The van der Waals surface area contributed by atoms with Crippen molar-refractivity contribution < 1.29 is 0 Å². The number of rotatable bonds is 3. The van der Waals surface area contributed by atoms with Crippen molar-refractivity contribution in [3.05, 3.63) is 12.3 Å². The number of piperidine rings is 1. The molecule has 4 heteroatoms. The first kappa shape index (κ1) is 12.7. The lowest BCUT2D eigenvalue weighted by Gasteiger charge is -2.41. The zero-order valence-electron chi connectivity index (χ0n) is 11.8. The van der Waals surface area contributed by atoms with Crippen molar-refractivity contribution in [2.24, 2.45) is 11.8 Å². The summed E-state index contributed by atoms with van der Waals surface area (Å²) in [5.74, 6) is 3.71. The van der Waals surface area contributed by atoms with E-state index < -0.39 is 0 Å². The Morgan fingerprint density at radius 1 is 1.26 bits per heavy atom. The Kier molecular flexibility index (Phi) is 3.85. The van der Waals surface area contributed by atoms with Crippen LogP contribution in [0.5, 0.6) is 0 Å². The number of hydrogen-bond donors (Lipinski definition) is 1. The number of nitrogens with zero attached hydrogens (tertiary/aromatic N) is 3. The Balaban J connectivity index is 1.70. The molecule has 2 atom stereocenters. The second kappa shape index (κ2) is 5.76. The van der Waals surface area contributed by atoms with E-state index in [9.17, 15) is 0 Å². The zero-order valence-corrected chi connectivity index (χ0v) is 11.8. The third-order valence-electron chi connectivity index (χ3n) is 4.59. The molecular formula is C15H24N4. The van der Waals surface area contributed by atoms with E-state index in [0.29, 0.717) is 0 Å². The molecule has 2 heterocycles. The molecule has 4 nitrogen and oxygen atoms in total. The highest BCUT2D eigenvalue weighted by atomic mass is 15.2. The van der Waals surface area contributed by atoms with Crippen LogP contribution in [0.1, 0.15) is 39.0 Å². The Morgan fingerprint density at radius 2 is 2.11 bits per heavy atom. The third-order valence-corrected chi connectivity index (χ3v) is 4.59. The van der Waals surface area contributed by atoms with Crippen LogP contribution >= 0.6 is 0 Å². The van der Waals surface area contributed by atoms with E-state index >= 15 is 0 Å². The summed E-state index contributed by atoms with van der Waals surface area (Å²) in [5.41, 5.74) is 0. The van der Waals surface area contributed by atoms with E-state index in [0.717, 1.165) is 36.7 Å². The van der Waals surface area contributed by atoms with Gasteiger partial charge in [0.2, 0.25) is 5.95 Å². The second-order valence-corrected chi connectivity index (χ2v) is 5.81. The van der Waals surface area contributed by atoms with E-state index in [4.69, 9.17) is 0 Å². The van der Waals surface area contributed by atoms with Crippen LogP contribution in [0.15, 0.2) is 12.3 Å². The van der Waals surface area contributed by atoms with Gasteiger partial charge in [-0.3, -0.25) is 0 Å². The maximum absolute atomic E-state index is 4.63. The smallest absolute Gasteiger partial charge is 0.224 e. The Labute approximate surface area is 115 Å². The normalized spacial score (nSPS) is 26.9. The van der Waals surface area contributed by atoms with Crippen LogP contribution in [0.25, 0.3) is 0 Å². The fraction of sp³-hybridized carbons (Fsp3) is 0.733. The molecule has 1 aromatic heterocycles. The molecule has 2 aliphatic rings. The van der Waals surface area contributed by atoms with Gasteiger partial charge >= 0.3 is 0 Å². The van der Waals surface area contributed by atoms with Crippen LogP contribution in [0, 0.1) is 11.8 Å². The predicted octanol–water partition coefficient (Wildman–Crippen LogP) is 2.92. The van der Waals surface area contributed by atoms with Crippen LogP contribution < -0.4 is 10.2 Å². The summed E-state index contributed by atoms with van der Waals surface area (Å²) in [6.07, 6.45) is 8.93. The third kappa shape index (κ3) is 2.82. The minimum Gasteiger partial charge on any atom is -0.356 e. The van der Waals surface area contributed by atoms with E-state index in [2.05, 4.69) is 27.1 Å². The highest BCUT2D eigenvalue weighted by Crippen LogP contribution is 2.37. The van der Waals surface area contributed by atoms with Crippen LogP contribution in [0.3, 0.4) is 0 Å². The summed E-state index contributed by atoms with van der Waals surface area (Å²) in [4.78, 5) is 11.3. The molecule has 1 aliphatic heterocycles. The van der Waals surface area contributed by atoms with Crippen molar-refractivity contribution in [3.63, 3.8) is 0 Å². The summed E-state index contributed by atoms with van der Waals surface area (Å²) in [6.45, 7) is 5.29. The van der Waals surface area contributed by atoms with Crippen molar-refractivity contribution in [1.29, 1.82) is 0 Å². The quantitative estimate of drug-likeness (QED) is 0.907. The van der Waals surface area contributed by atoms with Crippen LogP contribution in [-0.4, -0.2) is 29.6 Å². The van der Waals surface area contributed by atoms with Crippen molar-refractivity contribution in [3.8, 4) is 0 Å². The first-order valence-electron chi connectivity index (χ1n) is 7.68. The predicted molar refractivity (Wildman–Crippen MR) is 78.5 cm³/mol. The minimum absolute atomic E-state index is 0.755. The van der Waals surface area contributed by atoms with Crippen LogP contribution in [-0.2, 0) is 0 Å². The number of aromatic nitrogens is 2. The molecule has 1 aliphatic carbocycles. The summed E-state index contributed by atoms with van der Waals surface area (Å²) in [7, 11) is 0. The molecule has 0 amide bonds. The number of hydrogen-bond acceptors (Lipinski definition) is 4. The molecule has 0 aromatic carbocycles. The van der Waals surface area contributed by atoms with Crippen molar-refractivity contribution >= 4 is 11.8 Å².